The highest BCUT2D eigenvalue weighted by Crippen LogP contribution is 2.19. The molecule has 0 aliphatic carbocycles. The topological polar surface area (TPSA) is 71.5 Å². The minimum Gasteiger partial charge on any atom is -0.487 e. The normalized spacial score (nSPS) is 10.5. The zero-order valence-electron chi connectivity index (χ0n) is 18.8. The molecule has 0 aliphatic rings. The lowest BCUT2D eigenvalue weighted by Crippen LogP contribution is -2.31. The fraction of sp³-hybridized carbons (Fsp3) is 0.148. The fourth-order valence-electron chi connectivity index (χ4n) is 3.48. The van der Waals surface area contributed by atoms with Gasteiger partial charge in [0, 0.05) is 28.9 Å². The molecule has 1 N–H and O–H groups in total. The maximum absolute atomic E-state index is 12.8. The first-order valence-electron chi connectivity index (χ1n) is 11.0. The van der Waals surface area contributed by atoms with Crippen LogP contribution in [0.2, 0.25) is 0 Å². The number of nitrogens with zero attached hydrogens (tertiary/aromatic N) is 2. The molecule has 0 spiro atoms. The van der Waals surface area contributed by atoms with Gasteiger partial charge in [-0.25, -0.2) is 4.98 Å². The van der Waals surface area contributed by atoms with Gasteiger partial charge in [-0.3, -0.25) is 9.59 Å². The van der Waals surface area contributed by atoms with Crippen LogP contribution in [0.15, 0.2) is 89.8 Å². The minimum atomic E-state index is -0.232. The first kappa shape index (κ1) is 23.2. The van der Waals surface area contributed by atoms with Crippen LogP contribution >= 0.6 is 11.3 Å². The van der Waals surface area contributed by atoms with E-state index in [9.17, 15) is 9.59 Å². The summed E-state index contributed by atoms with van der Waals surface area (Å²) < 4.78 is 5.73. The van der Waals surface area contributed by atoms with Crippen LogP contribution in [0.5, 0.6) is 5.75 Å². The van der Waals surface area contributed by atoms with Gasteiger partial charge in [0.1, 0.15) is 12.4 Å². The Kier molecular flexibility index (Phi) is 7.67. The molecule has 0 unspecified atom stereocenters. The molecule has 0 atom stereocenters. The molecule has 0 saturated carbocycles. The molecule has 0 radical (unpaired) electrons. The zero-order chi connectivity index (χ0) is 23.8. The lowest BCUT2D eigenvalue weighted by molar-refractivity contribution is -0.117. The molecule has 7 heteroatoms. The Labute approximate surface area is 202 Å². The van der Waals surface area contributed by atoms with Gasteiger partial charge in [-0.1, -0.05) is 36.4 Å². The first-order chi connectivity index (χ1) is 16.6. The third-order valence-corrected chi connectivity index (χ3v) is 5.85. The SMILES string of the molecule is CCN(C(=O)Cc1ccc(NC(=O)c2cccc(OCc3cscn3)c2)cc1)c1ccccc1. The molecule has 0 aliphatic heterocycles. The van der Waals surface area contributed by atoms with Crippen molar-refractivity contribution in [1.29, 1.82) is 0 Å². The summed E-state index contributed by atoms with van der Waals surface area (Å²) in [5, 5.41) is 4.82. The smallest absolute Gasteiger partial charge is 0.255 e. The fourth-order valence-corrected chi connectivity index (χ4v) is 4.03. The number of likely N-dealkylation sites (N-methyl/N-ethyl adjacent to an activating group) is 1. The Morgan fingerprint density at radius 2 is 1.79 bits per heavy atom. The quantitative estimate of drug-likeness (QED) is 0.346. The molecule has 2 amide bonds. The summed E-state index contributed by atoms with van der Waals surface area (Å²) >= 11 is 1.51. The largest absolute Gasteiger partial charge is 0.487 e. The van der Waals surface area contributed by atoms with E-state index in [1.54, 1.807) is 28.6 Å². The number of carbonyl (C=O) groups excluding carboxylic acids is 2. The highest BCUT2D eigenvalue weighted by molar-refractivity contribution is 7.07. The van der Waals surface area contributed by atoms with Crippen LogP contribution in [0.1, 0.15) is 28.5 Å². The van der Waals surface area contributed by atoms with Gasteiger partial charge in [-0.05, 0) is 55.0 Å². The van der Waals surface area contributed by atoms with Crippen molar-refractivity contribution in [3.8, 4) is 5.75 Å². The van der Waals surface area contributed by atoms with E-state index in [-0.39, 0.29) is 18.2 Å². The number of ether oxygens (including phenoxy) is 1. The number of nitrogens with one attached hydrogen (secondary N) is 1. The van der Waals surface area contributed by atoms with Crippen molar-refractivity contribution in [1.82, 2.24) is 4.98 Å². The minimum absolute atomic E-state index is 0.0277. The number of aromatic nitrogens is 1. The number of benzene rings is 3. The molecule has 172 valence electrons. The molecule has 4 aromatic rings. The van der Waals surface area contributed by atoms with Crippen LogP contribution in [0, 0.1) is 0 Å². The van der Waals surface area contributed by atoms with E-state index in [0.717, 1.165) is 16.9 Å². The summed E-state index contributed by atoms with van der Waals surface area (Å²) in [6.45, 7) is 2.92. The number of anilines is 2. The van der Waals surface area contributed by atoms with Crippen molar-refractivity contribution in [3.05, 3.63) is 107 Å². The molecule has 0 fully saturated rings. The van der Waals surface area contributed by atoms with Crippen molar-refractivity contribution >= 4 is 34.5 Å². The Morgan fingerprint density at radius 3 is 2.50 bits per heavy atom. The van der Waals surface area contributed by atoms with Crippen LogP contribution in [0.4, 0.5) is 11.4 Å². The van der Waals surface area contributed by atoms with Crippen molar-refractivity contribution in [3.63, 3.8) is 0 Å². The van der Waals surface area contributed by atoms with Gasteiger partial charge >= 0.3 is 0 Å². The molecule has 4 rings (SSSR count). The first-order valence-corrected chi connectivity index (χ1v) is 11.9. The van der Waals surface area contributed by atoms with E-state index < -0.39 is 0 Å². The number of rotatable bonds is 9. The molecule has 1 heterocycles. The lowest BCUT2D eigenvalue weighted by atomic mass is 10.1. The lowest BCUT2D eigenvalue weighted by Gasteiger charge is -2.21. The maximum atomic E-state index is 12.8. The molecule has 0 bridgehead atoms. The van der Waals surface area contributed by atoms with E-state index in [1.165, 1.54) is 11.3 Å². The van der Waals surface area contributed by atoms with Crippen LogP contribution in [-0.4, -0.2) is 23.3 Å². The van der Waals surface area contributed by atoms with E-state index in [0.29, 0.717) is 30.2 Å². The van der Waals surface area contributed by atoms with Gasteiger partial charge in [-0.15, -0.1) is 11.3 Å². The third-order valence-electron chi connectivity index (χ3n) is 5.22. The summed E-state index contributed by atoms with van der Waals surface area (Å²) in [5.74, 6) is 0.400. The predicted octanol–water partition coefficient (Wildman–Crippen LogP) is 5.57. The summed E-state index contributed by atoms with van der Waals surface area (Å²) in [6.07, 6.45) is 0.287. The highest BCUT2D eigenvalue weighted by Gasteiger charge is 2.14. The Morgan fingerprint density at radius 1 is 1.00 bits per heavy atom. The monoisotopic (exact) mass is 471 g/mol. The number of para-hydroxylation sites is 1. The van der Waals surface area contributed by atoms with Gasteiger partial charge in [-0.2, -0.15) is 0 Å². The van der Waals surface area contributed by atoms with Crippen LogP contribution < -0.4 is 15.0 Å². The van der Waals surface area contributed by atoms with Crippen molar-refractivity contribution < 1.29 is 14.3 Å². The number of carbonyl (C=O) groups is 2. The Balaban J connectivity index is 1.34. The summed E-state index contributed by atoms with van der Waals surface area (Å²) in [5.41, 5.74) is 5.53. The maximum Gasteiger partial charge on any atom is 0.255 e. The van der Waals surface area contributed by atoms with E-state index in [2.05, 4.69) is 10.3 Å². The number of amides is 2. The summed E-state index contributed by atoms with van der Waals surface area (Å²) in [6, 6.07) is 24.0. The van der Waals surface area contributed by atoms with Crippen molar-refractivity contribution in [2.24, 2.45) is 0 Å². The second kappa shape index (κ2) is 11.2. The number of thiazole rings is 1. The van der Waals surface area contributed by atoms with Gasteiger partial charge in [0.15, 0.2) is 0 Å². The molecule has 34 heavy (non-hydrogen) atoms. The number of hydrogen-bond acceptors (Lipinski definition) is 5. The second-order valence-corrected chi connectivity index (χ2v) is 8.32. The van der Waals surface area contributed by atoms with Crippen LogP contribution in [0.25, 0.3) is 0 Å². The molecule has 6 nitrogen and oxygen atoms in total. The van der Waals surface area contributed by atoms with Crippen LogP contribution in [-0.2, 0) is 17.8 Å². The molecular weight excluding hydrogens is 446 g/mol. The average molecular weight is 472 g/mol. The standard InChI is InChI=1S/C27H25N3O3S/c1-2-30(24-8-4-3-5-9-24)26(31)15-20-11-13-22(14-12-20)29-27(32)21-7-6-10-25(16-21)33-17-23-18-34-19-28-23/h3-14,16,18-19H,2,15,17H2,1H3,(H,29,32). The van der Waals surface area contributed by atoms with Crippen molar-refractivity contribution in [2.45, 2.75) is 20.0 Å². The van der Waals surface area contributed by atoms with Crippen LogP contribution in [0.3, 0.4) is 0 Å². The summed E-state index contributed by atoms with van der Waals surface area (Å²) in [4.78, 5) is 31.5. The van der Waals surface area contributed by atoms with E-state index in [1.807, 2.05) is 73.0 Å². The van der Waals surface area contributed by atoms with E-state index in [4.69, 9.17) is 4.74 Å². The zero-order valence-corrected chi connectivity index (χ0v) is 19.6. The highest BCUT2D eigenvalue weighted by atomic mass is 32.1. The average Bonchev–Trinajstić information content (AvgIpc) is 3.39. The predicted molar refractivity (Wildman–Crippen MR) is 135 cm³/mol. The molecule has 1 aromatic heterocycles. The number of hydrogen-bond donors (Lipinski definition) is 1. The van der Waals surface area contributed by atoms with Gasteiger partial charge < -0.3 is 15.0 Å². The Bertz CT molecular complexity index is 1230. The molecule has 3 aromatic carbocycles. The molecular formula is C27H25N3O3S. The van der Waals surface area contributed by atoms with E-state index >= 15 is 0 Å². The Hall–Kier alpha value is -3.97. The third kappa shape index (κ3) is 6.08. The van der Waals surface area contributed by atoms with Crippen molar-refractivity contribution in [2.75, 3.05) is 16.8 Å². The molecule has 0 saturated heterocycles. The van der Waals surface area contributed by atoms with Gasteiger partial charge in [0.05, 0.1) is 17.6 Å². The van der Waals surface area contributed by atoms with Gasteiger partial charge in [0.25, 0.3) is 5.91 Å². The van der Waals surface area contributed by atoms with Gasteiger partial charge in [0.2, 0.25) is 5.91 Å². The summed E-state index contributed by atoms with van der Waals surface area (Å²) in [7, 11) is 0. The second-order valence-electron chi connectivity index (χ2n) is 7.60.